The van der Waals surface area contributed by atoms with E-state index in [0.29, 0.717) is 0 Å². The Morgan fingerprint density at radius 3 is 2.00 bits per heavy atom. The molecule has 18 heavy (non-hydrogen) atoms. The topological polar surface area (TPSA) is 110 Å². The van der Waals surface area contributed by atoms with Crippen LogP contribution < -0.4 is 0 Å². The second-order valence-electron chi connectivity index (χ2n) is 3.82. The SMILES string of the molecule is CC=COC(C=CC)C(O)C(O)C(O)C(O)CO. The van der Waals surface area contributed by atoms with E-state index in [0.717, 1.165) is 0 Å². The molecular formula is C12H22O6. The van der Waals surface area contributed by atoms with Crippen LogP contribution in [0, 0.1) is 0 Å². The van der Waals surface area contributed by atoms with Gasteiger partial charge in [-0.25, -0.2) is 0 Å². The average Bonchev–Trinajstić information content (AvgIpc) is 2.39. The van der Waals surface area contributed by atoms with Gasteiger partial charge in [-0.15, -0.1) is 0 Å². The maximum Gasteiger partial charge on any atom is 0.144 e. The fourth-order valence-electron chi connectivity index (χ4n) is 1.33. The molecule has 5 atom stereocenters. The van der Waals surface area contributed by atoms with E-state index < -0.39 is 37.1 Å². The average molecular weight is 262 g/mol. The van der Waals surface area contributed by atoms with E-state index >= 15 is 0 Å². The molecule has 0 aliphatic heterocycles. The van der Waals surface area contributed by atoms with Crippen LogP contribution in [0.25, 0.3) is 0 Å². The highest BCUT2D eigenvalue weighted by Gasteiger charge is 2.34. The van der Waals surface area contributed by atoms with E-state index in [1.54, 1.807) is 26.0 Å². The summed E-state index contributed by atoms with van der Waals surface area (Å²) in [5.41, 5.74) is 0. The summed E-state index contributed by atoms with van der Waals surface area (Å²) in [7, 11) is 0. The lowest BCUT2D eigenvalue weighted by Gasteiger charge is -2.29. The molecule has 0 rings (SSSR count). The van der Waals surface area contributed by atoms with Crippen LogP contribution in [0.4, 0.5) is 0 Å². The maximum atomic E-state index is 9.84. The zero-order valence-electron chi connectivity index (χ0n) is 10.5. The Bertz CT molecular complexity index is 265. The Morgan fingerprint density at radius 1 is 0.944 bits per heavy atom. The maximum absolute atomic E-state index is 9.84. The van der Waals surface area contributed by atoms with Gasteiger partial charge < -0.3 is 30.3 Å². The number of hydrogen-bond donors (Lipinski definition) is 5. The molecule has 5 N–H and O–H groups in total. The number of aliphatic hydroxyl groups is 5. The molecule has 0 saturated heterocycles. The molecule has 106 valence electrons. The van der Waals surface area contributed by atoms with Crippen molar-refractivity contribution in [1.82, 2.24) is 0 Å². The Morgan fingerprint density at radius 2 is 1.56 bits per heavy atom. The van der Waals surface area contributed by atoms with Gasteiger partial charge in [-0.1, -0.05) is 12.2 Å². The van der Waals surface area contributed by atoms with Crippen molar-refractivity contribution in [3.8, 4) is 0 Å². The number of allylic oxidation sites excluding steroid dienone is 2. The van der Waals surface area contributed by atoms with E-state index in [1.165, 1.54) is 12.3 Å². The molecule has 0 radical (unpaired) electrons. The van der Waals surface area contributed by atoms with Crippen molar-refractivity contribution in [2.24, 2.45) is 0 Å². The molecule has 6 nitrogen and oxygen atoms in total. The van der Waals surface area contributed by atoms with Crippen molar-refractivity contribution >= 4 is 0 Å². The lowest BCUT2D eigenvalue weighted by atomic mass is 9.99. The van der Waals surface area contributed by atoms with Crippen molar-refractivity contribution < 1.29 is 30.3 Å². The van der Waals surface area contributed by atoms with E-state index in [9.17, 15) is 20.4 Å². The second-order valence-corrected chi connectivity index (χ2v) is 3.82. The molecule has 0 aromatic carbocycles. The first-order chi connectivity index (χ1) is 8.49. The van der Waals surface area contributed by atoms with Gasteiger partial charge in [-0.05, 0) is 19.9 Å². The Hall–Kier alpha value is -0.920. The molecular weight excluding hydrogens is 240 g/mol. The summed E-state index contributed by atoms with van der Waals surface area (Å²) in [6.45, 7) is 2.72. The lowest BCUT2D eigenvalue weighted by Crippen LogP contribution is -2.49. The summed E-state index contributed by atoms with van der Waals surface area (Å²) >= 11 is 0. The Balaban J connectivity index is 4.68. The molecule has 0 amide bonds. The van der Waals surface area contributed by atoms with Gasteiger partial charge >= 0.3 is 0 Å². The summed E-state index contributed by atoms with van der Waals surface area (Å²) in [5, 5.41) is 46.8. The van der Waals surface area contributed by atoms with Gasteiger partial charge in [0.2, 0.25) is 0 Å². The zero-order chi connectivity index (χ0) is 14.1. The van der Waals surface area contributed by atoms with Crippen molar-refractivity contribution in [3.63, 3.8) is 0 Å². The van der Waals surface area contributed by atoms with Gasteiger partial charge in [0.1, 0.15) is 30.5 Å². The molecule has 0 bridgehead atoms. The van der Waals surface area contributed by atoms with Crippen LogP contribution in [0.3, 0.4) is 0 Å². The van der Waals surface area contributed by atoms with Gasteiger partial charge in [0.15, 0.2) is 0 Å². The van der Waals surface area contributed by atoms with Crippen LogP contribution in [0.1, 0.15) is 13.8 Å². The number of aliphatic hydroxyl groups excluding tert-OH is 5. The first-order valence-corrected chi connectivity index (χ1v) is 5.72. The van der Waals surface area contributed by atoms with Crippen molar-refractivity contribution in [2.45, 2.75) is 44.4 Å². The van der Waals surface area contributed by atoms with Crippen LogP contribution in [0.2, 0.25) is 0 Å². The van der Waals surface area contributed by atoms with Crippen LogP contribution >= 0.6 is 0 Å². The fourth-order valence-corrected chi connectivity index (χ4v) is 1.33. The first kappa shape index (κ1) is 17.1. The van der Waals surface area contributed by atoms with Gasteiger partial charge in [0.25, 0.3) is 0 Å². The summed E-state index contributed by atoms with van der Waals surface area (Å²) in [5.74, 6) is 0. The highest BCUT2D eigenvalue weighted by molar-refractivity contribution is 4.97. The Kier molecular flexibility index (Phi) is 8.61. The minimum Gasteiger partial charge on any atom is -0.491 e. The van der Waals surface area contributed by atoms with E-state index in [2.05, 4.69) is 0 Å². The van der Waals surface area contributed by atoms with E-state index in [1.807, 2.05) is 0 Å². The molecule has 0 fully saturated rings. The number of hydrogen-bond acceptors (Lipinski definition) is 6. The lowest BCUT2D eigenvalue weighted by molar-refractivity contribution is -0.134. The van der Waals surface area contributed by atoms with Crippen molar-refractivity contribution in [2.75, 3.05) is 6.61 Å². The molecule has 0 aliphatic carbocycles. The first-order valence-electron chi connectivity index (χ1n) is 5.72. The van der Waals surface area contributed by atoms with Crippen LogP contribution in [-0.4, -0.2) is 62.7 Å². The molecule has 6 heteroatoms. The highest BCUT2D eigenvalue weighted by Crippen LogP contribution is 2.12. The van der Waals surface area contributed by atoms with Gasteiger partial charge in [0, 0.05) is 0 Å². The molecule has 0 aromatic heterocycles. The van der Waals surface area contributed by atoms with Crippen LogP contribution in [0.5, 0.6) is 0 Å². The monoisotopic (exact) mass is 262 g/mol. The fraction of sp³-hybridized carbons (Fsp3) is 0.667. The second kappa shape index (κ2) is 9.07. The van der Waals surface area contributed by atoms with Crippen LogP contribution in [0.15, 0.2) is 24.5 Å². The predicted molar refractivity (Wildman–Crippen MR) is 65.6 cm³/mol. The van der Waals surface area contributed by atoms with E-state index in [-0.39, 0.29) is 0 Å². The van der Waals surface area contributed by atoms with E-state index in [4.69, 9.17) is 9.84 Å². The summed E-state index contributed by atoms with van der Waals surface area (Å²) in [6, 6.07) is 0. The van der Waals surface area contributed by atoms with Crippen molar-refractivity contribution in [3.05, 3.63) is 24.5 Å². The third kappa shape index (κ3) is 5.16. The molecule has 0 spiro atoms. The zero-order valence-corrected chi connectivity index (χ0v) is 10.5. The Labute approximate surface area is 106 Å². The number of ether oxygens (including phenoxy) is 1. The van der Waals surface area contributed by atoms with Gasteiger partial charge in [-0.3, -0.25) is 0 Å². The number of rotatable bonds is 8. The quantitative estimate of drug-likeness (QED) is 0.281. The summed E-state index contributed by atoms with van der Waals surface area (Å²) in [6.07, 6.45) is -1.04. The minimum absolute atomic E-state index is 0.713. The molecule has 0 aliphatic rings. The van der Waals surface area contributed by atoms with Gasteiger partial charge in [-0.2, -0.15) is 0 Å². The predicted octanol–water partition coefficient (Wildman–Crippen LogP) is -1.08. The standard InChI is InChI=1S/C12H22O6/c1-3-5-9(18-6-4-2)11(16)12(17)10(15)8(14)7-13/h3-6,8-17H,7H2,1-2H3. The summed E-state index contributed by atoms with van der Waals surface area (Å²) < 4.78 is 5.15. The van der Waals surface area contributed by atoms with Crippen LogP contribution in [-0.2, 0) is 4.74 Å². The van der Waals surface area contributed by atoms with Gasteiger partial charge in [0.05, 0.1) is 12.9 Å². The molecule has 0 heterocycles. The molecule has 5 unspecified atom stereocenters. The normalized spacial score (nSPS) is 20.8. The van der Waals surface area contributed by atoms with Crippen molar-refractivity contribution in [1.29, 1.82) is 0 Å². The third-order valence-corrected chi connectivity index (χ3v) is 2.37. The summed E-state index contributed by atoms with van der Waals surface area (Å²) in [4.78, 5) is 0. The smallest absolute Gasteiger partial charge is 0.144 e. The molecule has 0 aromatic rings. The largest absolute Gasteiger partial charge is 0.491 e. The highest BCUT2D eigenvalue weighted by atomic mass is 16.5. The third-order valence-electron chi connectivity index (χ3n) is 2.37. The minimum atomic E-state index is -1.66. The molecule has 0 saturated carbocycles.